The molecule has 0 aliphatic carbocycles. The van der Waals surface area contributed by atoms with Crippen molar-refractivity contribution in [3.63, 3.8) is 0 Å². The number of hydrogen-bond acceptors (Lipinski definition) is 12. The molecule has 1 fully saturated rings. The summed E-state index contributed by atoms with van der Waals surface area (Å²) >= 11 is 0. The van der Waals surface area contributed by atoms with Gasteiger partial charge >= 0.3 is 0 Å². The molecule has 0 aromatic rings. The fourth-order valence-corrected chi connectivity index (χ4v) is 6.52. The van der Waals surface area contributed by atoms with E-state index in [9.17, 15) is 48.6 Å². The van der Waals surface area contributed by atoms with Gasteiger partial charge in [0.05, 0.1) is 13.2 Å². The molecule has 1 aliphatic rings. The zero-order valence-corrected chi connectivity index (χ0v) is 38.6. The van der Waals surface area contributed by atoms with E-state index >= 15 is 0 Å². The molecule has 62 heavy (non-hydrogen) atoms. The number of primary amides is 1. The normalized spacial score (nSPS) is 25.2. The number of ether oxygens (including phenoxy) is 2. The summed E-state index contributed by atoms with van der Waals surface area (Å²) in [5.74, 6) is -5.84. The monoisotopic (exact) mass is 885 g/mol. The van der Waals surface area contributed by atoms with E-state index in [1.807, 2.05) is 55.4 Å². The first-order valence-electron chi connectivity index (χ1n) is 21.7. The lowest BCUT2D eigenvalue weighted by Gasteiger charge is -2.32. The Hall–Kier alpha value is -4.40. The SMILES string of the molecule is CC(=O)N[C@@H](CC(C)C)C(=O)N[C@@H](CC(C)C)C(=O)N[C@H]1CCOCC(O)C(O)COCC[C@@H](C(N)=O)NC(=O)[C@H](CC(C)C)NC(=O)[C@H](CC(C)C)NC(=O)C(C)(C)NC1=O. The molecule has 0 bridgehead atoms. The molecule has 1 heterocycles. The first-order chi connectivity index (χ1) is 28.7. The average Bonchev–Trinajstić information content (AvgIpc) is 3.13. The van der Waals surface area contributed by atoms with Gasteiger partial charge in [-0.2, -0.15) is 0 Å². The van der Waals surface area contributed by atoms with Crippen molar-refractivity contribution in [2.75, 3.05) is 26.4 Å². The van der Waals surface area contributed by atoms with Crippen LogP contribution in [0.3, 0.4) is 0 Å². The minimum absolute atomic E-state index is 0.0283. The molecule has 0 saturated carbocycles. The number of hydrogen-bond donors (Lipinski definition) is 10. The lowest BCUT2D eigenvalue weighted by atomic mass is 9.97. The number of nitrogens with two attached hydrogens (primary N) is 1. The standard InChI is InChI=1S/C42H76N8O12/c1-22(2)16-29(44-26(9)51)36(55)47-31(18-24(5)6)38(57)46-28-13-15-62-21-34(53)33(52)20-61-14-12-27(35(43)54)45-37(56)30(17-23(3)4)48-39(58)32(19-25(7)8)49-41(60)42(10,11)50-40(28)59/h22-25,27-34,52-53H,12-21H2,1-11H3,(H2,43,54)(H,44,51)(H,45,56)(H,46,57)(H,47,55)(H,48,58)(H,49,60)(H,50,59)/t27-,28-,29-,30-,31-,32-,33?,34?/m0/s1. The second kappa shape index (κ2) is 26.9. The number of aliphatic hydroxyl groups excluding tert-OH is 2. The summed E-state index contributed by atoms with van der Waals surface area (Å²) in [6.07, 6.45) is -2.40. The van der Waals surface area contributed by atoms with Gasteiger partial charge in [-0.15, -0.1) is 0 Å². The highest BCUT2D eigenvalue weighted by molar-refractivity contribution is 5.98. The zero-order chi connectivity index (χ0) is 47.5. The molecule has 20 heteroatoms. The molecule has 1 aliphatic heterocycles. The molecule has 0 radical (unpaired) electrons. The number of carbonyl (C=O) groups excluding carboxylic acids is 8. The predicted octanol–water partition coefficient (Wildman–Crippen LogP) is -0.972. The second-order valence-electron chi connectivity index (χ2n) is 18.4. The van der Waals surface area contributed by atoms with E-state index in [2.05, 4.69) is 37.2 Å². The van der Waals surface area contributed by atoms with Gasteiger partial charge in [0.1, 0.15) is 54.0 Å². The Kier molecular flexibility index (Phi) is 24.2. The van der Waals surface area contributed by atoms with Gasteiger partial charge in [-0.05, 0) is 76.0 Å². The molecular weight excluding hydrogens is 809 g/mol. The fraction of sp³-hybridized carbons (Fsp3) is 0.810. The molecular formula is C42H76N8O12. The van der Waals surface area contributed by atoms with Crippen LogP contribution >= 0.6 is 0 Å². The van der Waals surface area contributed by atoms with Crippen LogP contribution in [0.4, 0.5) is 0 Å². The van der Waals surface area contributed by atoms with E-state index in [-0.39, 0.29) is 75.6 Å². The van der Waals surface area contributed by atoms with Crippen molar-refractivity contribution in [3.05, 3.63) is 0 Å². The highest BCUT2D eigenvalue weighted by atomic mass is 16.5. The molecule has 20 nitrogen and oxygen atoms in total. The summed E-state index contributed by atoms with van der Waals surface area (Å²) in [6.45, 7) is 17.7. The number of aliphatic hydroxyl groups is 2. The number of rotatable bonds is 14. The third-order valence-corrected chi connectivity index (χ3v) is 9.83. The number of nitrogens with one attached hydrogen (secondary N) is 7. The Bertz CT molecular complexity index is 1510. The van der Waals surface area contributed by atoms with Crippen LogP contribution in [-0.4, -0.2) is 138 Å². The highest BCUT2D eigenvalue weighted by Gasteiger charge is 2.38. The second-order valence-corrected chi connectivity index (χ2v) is 18.4. The quantitative estimate of drug-likeness (QED) is 0.101. The Labute approximate surface area is 366 Å². The lowest BCUT2D eigenvalue weighted by Crippen LogP contribution is -2.63. The zero-order valence-electron chi connectivity index (χ0n) is 38.6. The molecule has 1 rings (SSSR count). The van der Waals surface area contributed by atoms with E-state index in [1.54, 1.807) is 0 Å². The van der Waals surface area contributed by atoms with Gasteiger partial charge in [0, 0.05) is 20.1 Å². The summed E-state index contributed by atoms with van der Waals surface area (Å²) < 4.78 is 11.1. The van der Waals surface area contributed by atoms with E-state index in [4.69, 9.17) is 15.2 Å². The molecule has 8 amide bonds. The van der Waals surface area contributed by atoms with Gasteiger partial charge in [0.15, 0.2) is 0 Å². The van der Waals surface area contributed by atoms with Crippen LogP contribution < -0.4 is 43.0 Å². The number of amides is 8. The first kappa shape index (κ1) is 55.6. The lowest BCUT2D eigenvalue weighted by molar-refractivity contribution is -0.138. The maximum absolute atomic E-state index is 14.0. The Morgan fingerprint density at radius 2 is 1.16 bits per heavy atom. The summed E-state index contributed by atoms with van der Waals surface area (Å²) in [6, 6.07) is -6.92. The van der Waals surface area contributed by atoms with Crippen molar-refractivity contribution in [2.45, 2.75) is 169 Å². The Morgan fingerprint density at radius 3 is 1.63 bits per heavy atom. The first-order valence-corrected chi connectivity index (χ1v) is 21.7. The van der Waals surface area contributed by atoms with E-state index < -0.39 is 108 Å². The van der Waals surface area contributed by atoms with Crippen LogP contribution in [-0.2, 0) is 47.8 Å². The van der Waals surface area contributed by atoms with Gasteiger partial charge in [-0.25, -0.2) is 0 Å². The van der Waals surface area contributed by atoms with E-state index in [0.717, 1.165) is 0 Å². The molecule has 8 atom stereocenters. The van der Waals surface area contributed by atoms with Crippen molar-refractivity contribution in [2.24, 2.45) is 29.4 Å². The van der Waals surface area contributed by atoms with Crippen LogP contribution in [0, 0.1) is 23.7 Å². The molecule has 11 N–H and O–H groups in total. The van der Waals surface area contributed by atoms with Crippen molar-refractivity contribution in [1.29, 1.82) is 0 Å². The van der Waals surface area contributed by atoms with Gasteiger partial charge in [-0.1, -0.05) is 55.4 Å². The number of carbonyl (C=O) groups is 8. The van der Waals surface area contributed by atoms with Crippen LogP contribution in [0.1, 0.15) is 115 Å². The average molecular weight is 885 g/mol. The maximum Gasteiger partial charge on any atom is 0.245 e. The summed E-state index contributed by atoms with van der Waals surface area (Å²) in [4.78, 5) is 107. The van der Waals surface area contributed by atoms with E-state index in [1.165, 1.54) is 20.8 Å². The highest BCUT2D eigenvalue weighted by Crippen LogP contribution is 2.14. The Balaban J connectivity index is 3.59. The summed E-state index contributed by atoms with van der Waals surface area (Å²) in [5, 5.41) is 39.7. The molecule has 356 valence electrons. The third kappa shape index (κ3) is 21.1. The third-order valence-electron chi connectivity index (χ3n) is 9.83. The predicted molar refractivity (Wildman–Crippen MR) is 229 cm³/mol. The van der Waals surface area contributed by atoms with Crippen molar-refractivity contribution in [3.8, 4) is 0 Å². The van der Waals surface area contributed by atoms with Crippen LogP contribution in [0.15, 0.2) is 0 Å². The smallest absolute Gasteiger partial charge is 0.245 e. The van der Waals surface area contributed by atoms with Gasteiger partial charge in [0.25, 0.3) is 0 Å². The van der Waals surface area contributed by atoms with Crippen LogP contribution in [0.2, 0.25) is 0 Å². The minimum atomic E-state index is -1.69. The van der Waals surface area contributed by atoms with E-state index in [0.29, 0.717) is 6.42 Å². The Morgan fingerprint density at radius 1 is 0.694 bits per heavy atom. The molecule has 1 saturated heterocycles. The largest absolute Gasteiger partial charge is 0.388 e. The van der Waals surface area contributed by atoms with Crippen LogP contribution in [0.5, 0.6) is 0 Å². The summed E-state index contributed by atoms with van der Waals surface area (Å²) in [7, 11) is 0. The molecule has 0 aromatic heterocycles. The summed E-state index contributed by atoms with van der Waals surface area (Å²) in [5.41, 5.74) is 3.88. The minimum Gasteiger partial charge on any atom is -0.388 e. The molecule has 2 unspecified atom stereocenters. The van der Waals surface area contributed by atoms with Gasteiger partial charge < -0.3 is 62.6 Å². The molecule has 0 spiro atoms. The fourth-order valence-electron chi connectivity index (χ4n) is 6.52. The van der Waals surface area contributed by atoms with Gasteiger partial charge in [-0.3, -0.25) is 38.4 Å². The van der Waals surface area contributed by atoms with Crippen molar-refractivity contribution < 1.29 is 58.0 Å². The van der Waals surface area contributed by atoms with Crippen LogP contribution in [0.25, 0.3) is 0 Å². The molecule has 0 aromatic carbocycles. The maximum atomic E-state index is 14.0. The van der Waals surface area contributed by atoms with Gasteiger partial charge in [0.2, 0.25) is 47.3 Å². The topological polar surface area (TPSA) is 306 Å². The van der Waals surface area contributed by atoms with Crippen molar-refractivity contribution in [1.82, 2.24) is 37.2 Å². The van der Waals surface area contributed by atoms with Crippen molar-refractivity contribution >= 4 is 47.3 Å².